The van der Waals surface area contributed by atoms with Gasteiger partial charge in [-0.1, -0.05) is 50.1 Å². The smallest absolute Gasteiger partial charge is 0.301 e. The lowest BCUT2D eigenvalue weighted by atomic mass is 10.1. The Balaban J connectivity index is 1.57. The first-order chi connectivity index (χ1) is 17.9. The first-order valence-electron chi connectivity index (χ1n) is 12.8. The van der Waals surface area contributed by atoms with Gasteiger partial charge in [0, 0.05) is 30.5 Å². The highest BCUT2D eigenvalue weighted by molar-refractivity contribution is 7.87. The van der Waals surface area contributed by atoms with Crippen molar-refractivity contribution in [1.82, 2.24) is 19.0 Å². The minimum Gasteiger partial charge on any atom is -0.347 e. The van der Waals surface area contributed by atoms with E-state index in [1.54, 1.807) is 24.7 Å². The van der Waals surface area contributed by atoms with Crippen LogP contribution in [0.25, 0.3) is 0 Å². The van der Waals surface area contributed by atoms with E-state index < -0.39 is 10.2 Å². The zero-order chi connectivity index (χ0) is 25.8. The summed E-state index contributed by atoms with van der Waals surface area (Å²) in [6, 6.07) is 17.4. The van der Waals surface area contributed by atoms with Gasteiger partial charge in [0.05, 0.1) is 42.4 Å². The molecule has 37 heavy (non-hydrogen) atoms. The summed E-state index contributed by atoms with van der Waals surface area (Å²) >= 11 is 0. The van der Waals surface area contributed by atoms with Crippen molar-refractivity contribution in [2.75, 3.05) is 4.90 Å². The maximum atomic E-state index is 14.0. The van der Waals surface area contributed by atoms with Gasteiger partial charge in [-0.05, 0) is 48.1 Å². The lowest BCUT2D eigenvalue weighted by Gasteiger charge is -2.29. The monoisotopic (exact) mass is 516 g/mol. The number of hydrogen-bond donors (Lipinski definition) is 2. The molecule has 0 saturated heterocycles. The molecule has 2 aromatic carbocycles. The van der Waals surface area contributed by atoms with Crippen molar-refractivity contribution in [3.63, 3.8) is 0 Å². The number of nitriles is 1. The summed E-state index contributed by atoms with van der Waals surface area (Å²) < 4.78 is 32.4. The Kier molecular flexibility index (Phi) is 7.31. The van der Waals surface area contributed by atoms with Gasteiger partial charge in [-0.3, -0.25) is 4.31 Å². The van der Waals surface area contributed by atoms with E-state index in [9.17, 15) is 13.7 Å². The molecule has 0 bridgehead atoms. The van der Waals surface area contributed by atoms with E-state index in [0.717, 1.165) is 35.3 Å². The Morgan fingerprint density at radius 3 is 2.70 bits per heavy atom. The Labute approximate surface area is 218 Å². The van der Waals surface area contributed by atoms with E-state index in [0.29, 0.717) is 30.1 Å². The Bertz CT molecular complexity index is 1390. The van der Waals surface area contributed by atoms with Gasteiger partial charge in [0.25, 0.3) is 0 Å². The van der Waals surface area contributed by atoms with Gasteiger partial charge in [0.15, 0.2) is 0 Å². The average molecular weight is 517 g/mol. The van der Waals surface area contributed by atoms with E-state index in [1.807, 2.05) is 54.4 Å². The number of aromatic amines is 1. The molecule has 0 spiro atoms. The molecular formula is C28H32N6O2S. The van der Waals surface area contributed by atoms with Crippen molar-refractivity contribution in [3.05, 3.63) is 95.3 Å². The Morgan fingerprint density at radius 1 is 1.22 bits per heavy atom. The summed E-state index contributed by atoms with van der Waals surface area (Å²) in [7, 11) is -3.87. The molecule has 1 aliphatic carbocycles. The van der Waals surface area contributed by atoms with Gasteiger partial charge in [0.1, 0.15) is 0 Å². The number of nitrogens with zero attached hydrogens (tertiary/aromatic N) is 4. The minimum absolute atomic E-state index is 0.107. The molecule has 5 rings (SSSR count). The molecule has 1 atom stereocenters. The van der Waals surface area contributed by atoms with Crippen molar-refractivity contribution >= 4 is 15.9 Å². The standard InChI is InChI=1S/C28H32N6O2S/c1-2-25(13-22-8-9-22)32-37(35,36)34-17-24-12-23(15-29)10-11-28(24)33(18-26-16-30-20-31-26)19-27(34)14-21-6-4-3-5-7-21/h3-7,10-12,16,19-20,22,25,32H,2,8-9,13-14,17-18H2,1H3,(H,30,31)/t25-/m1/s1. The van der Waals surface area contributed by atoms with E-state index in [-0.39, 0.29) is 12.6 Å². The lowest BCUT2D eigenvalue weighted by Crippen LogP contribution is -2.45. The van der Waals surface area contributed by atoms with Crippen LogP contribution in [0, 0.1) is 17.2 Å². The molecule has 1 aliphatic heterocycles. The molecule has 2 N–H and O–H groups in total. The molecule has 1 aromatic heterocycles. The summed E-state index contributed by atoms with van der Waals surface area (Å²) in [5.41, 5.74) is 4.71. The third-order valence-corrected chi connectivity index (χ3v) is 8.57. The highest BCUT2D eigenvalue weighted by Crippen LogP contribution is 2.35. The van der Waals surface area contributed by atoms with Crippen LogP contribution in [-0.2, 0) is 29.7 Å². The fourth-order valence-electron chi connectivity index (χ4n) is 4.82. The summed E-state index contributed by atoms with van der Waals surface area (Å²) in [6.07, 6.45) is 9.71. The quantitative estimate of drug-likeness (QED) is 0.410. The van der Waals surface area contributed by atoms with Crippen molar-refractivity contribution in [2.24, 2.45) is 5.92 Å². The van der Waals surface area contributed by atoms with E-state index in [4.69, 9.17) is 0 Å². The van der Waals surface area contributed by atoms with Gasteiger partial charge in [0.2, 0.25) is 0 Å². The van der Waals surface area contributed by atoms with Crippen LogP contribution in [0.15, 0.2) is 73.0 Å². The molecule has 192 valence electrons. The number of anilines is 1. The van der Waals surface area contributed by atoms with Crippen LogP contribution >= 0.6 is 0 Å². The molecule has 2 aliphatic rings. The number of aromatic nitrogens is 2. The summed E-state index contributed by atoms with van der Waals surface area (Å²) in [4.78, 5) is 9.33. The maximum Gasteiger partial charge on any atom is 0.301 e. The normalized spacial score (nSPS) is 16.5. The predicted octanol–water partition coefficient (Wildman–Crippen LogP) is 4.60. The van der Waals surface area contributed by atoms with Crippen LogP contribution < -0.4 is 9.62 Å². The maximum absolute atomic E-state index is 14.0. The fourth-order valence-corrected chi connectivity index (χ4v) is 6.36. The second-order valence-electron chi connectivity index (χ2n) is 9.86. The number of fused-ring (bicyclic) bond motifs is 1. The summed E-state index contributed by atoms with van der Waals surface area (Å²) in [5.74, 6) is 0.611. The topological polar surface area (TPSA) is 105 Å². The van der Waals surface area contributed by atoms with Crippen LogP contribution in [0.5, 0.6) is 0 Å². The van der Waals surface area contributed by atoms with Gasteiger partial charge in [-0.25, -0.2) is 4.98 Å². The van der Waals surface area contributed by atoms with Crippen LogP contribution in [0.1, 0.15) is 55.0 Å². The molecule has 0 unspecified atom stereocenters. The van der Waals surface area contributed by atoms with Crippen molar-refractivity contribution < 1.29 is 8.42 Å². The number of imidazole rings is 1. The third kappa shape index (κ3) is 6.04. The first-order valence-corrected chi connectivity index (χ1v) is 14.2. The van der Waals surface area contributed by atoms with Crippen LogP contribution in [0.3, 0.4) is 0 Å². The van der Waals surface area contributed by atoms with E-state index >= 15 is 0 Å². The van der Waals surface area contributed by atoms with Crippen molar-refractivity contribution in [2.45, 2.75) is 58.2 Å². The summed E-state index contributed by atoms with van der Waals surface area (Å²) in [6.45, 7) is 2.65. The number of nitrogens with one attached hydrogen (secondary N) is 2. The predicted molar refractivity (Wildman–Crippen MR) is 143 cm³/mol. The molecule has 1 saturated carbocycles. The van der Waals surface area contributed by atoms with Crippen LogP contribution in [0.2, 0.25) is 0 Å². The van der Waals surface area contributed by atoms with E-state index in [2.05, 4.69) is 20.8 Å². The SMILES string of the molecule is CC[C@H](CC1CC1)NS(=O)(=O)N1Cc2cc(C#N)ccc2N(Cc2cnc[nH]2)C=C1Cc1ccccc1. The van der Waals surface area contributed by atoms with Gasteiger partial charge >= 0.3 is 10.2 Å². The Hall–Kier alpha value is -3.61. The van der Waals surface area contributed by atoms with E-state index in [1.165, 1.54) is 17.1 Å². The number of H-pyrrole nitrogens is 1. The molecule has 0 radical (unpaired) electrons. The Morgan fingerprint density at radius 2 is 2.03 bits per heavy atom. The highest BCUT2D eigenvalue weighted by atomic mass is 32.2. The summed E-state index contributed by atoms with van der Waals surface area (Å²) in [5, 5.41) is 9.56. The minimum atomic E-state index is -3.87. The molecule has 9 heteroatoms. The fraction of sp³-hybridized carbons (Fsp3) is 0.357. The zero-order valence-electron chi connectivity index (χ0n) is 21.0. The second-order valence-corrected chi connectivity index (χ2v) is 11.5. The van der Waals surface area contributed by atoms with Crippen LogP contribution in [-0.4, -0.2) is 28.7 Å². The van der Waals surface area contributed by atoms with Crippen molar-refractivity contribution in [3.8, 4) is 6.07 Å². The molecule has 2 heterocycles. The van der Waals surface area contributed by atoms with Gasteiger partial charge < -0.3 is 9.88 Å². The van der Waals surface area contributed by atoms with Crippen LogP contribution in [0.4, 0.5) is 5.69 Å². The highest BCUT2D eigenvalue weighted by Gasteiger charge is 2.33. The molecule has 3 aromatic rings. The number of allylic oxidation sites excluding steroid dienone is 1. The average Bonchev–Trinajstić information content (AvgIpc) is 3.60. The number of hydrogen-bond acceptors (Lipinski definition) is 5. The number of benzene rings is 2. The van der Waals surface area contributed by atoms with Crippen molar-refractivity contribution in [1.29, 1.82) is 5.26 Å². The molecule has 8 nitrogen and oxygen atoms in total. The molecule has 1 fully saturated rings. The first kappa shape index (κ1) is 25.1. The van der Waals surface area contributed by atoms with Gasteiger partial charge in [-0.15, -0.1) is 0 Å². The molecule has 0 amide bonds. The third-order valence-electron chi connectivity index (χ3n) is 6.99. The number of rotatable bonds is 10. The zero-order valence-corrected chi connectivity index (χ0v) is 21.8. The second kappa shape index (κ2) is 10.8. The largest absolute Gasteiger partial charge is 0.347 e. The lowest BCUT2D eigenvalue weighted by molar-refractivity contribution is 0.429. The molecular weight excluding hydrogens is 484 g/mol. The van der Waals surface area contributed by atoms with Gasteiger partial charge in [-0.2, -0.15) is 18.4 Å².